The number of pyridine rings is 2. The molecule has 1 amide bonds. The molecule has 10 nitrogen and oxygen atoms in total. The number of nitrogen functional groups attached to an aromatic ring is 1. The molecule has 0 bridgehead atoms. The van der Waals surface area contributed by atoms with E-state index < -0.39 is 11.7 Å². The third-order valence-corrected chi connectivity index (χ3v) is 5.31. The SMILES string of the molecule is COc1ncc(-c2cc3c(C)nc(N)nc3n([C@H]3C[C@H](OCC(N)=O)C3)c2=O)cc1F. The van der Waals surface area contributed by atoms with Gasteiger partial charge in [-0.25, -0.2) is 14.4 Å². The van der Waals surface area contributed by atoms with Gasteiger partial charge in [0.15, 0.2) is 5.82 Å². The van der Waals surface area contributed by atoms with Crippen LogP contribution in [0.5, 0.6) is 5.88 Å². The van der Waals surface area contributed by atoms with Gasteiger partial charge >= 0.3 is 0 Å². The van der Waals surface area contributed by atoms with Crippen molar-refractivity contribution in [3.63, 3.8) is 0 Å². The Morgan fingerprint density at radius 1 is 1.32 bits per heavy atom. The van der Waals surface area contributed by atoms with Crippen molar-refractivity contribution in [1.29, 1.82) is 0 Å². The van der Waals surface area contributed by atoms with E-state index in [2.05, 4.69) is 15.0 Å². The molecule has 4 rings (SSSR count). The second-order valence-electron chi connectivity index (χ2n) is 7.38. The smallest absolute Gasteiger partial charge is 0.260 e. The largest absolute Gasteiger partial charge is 0.479 e. The number of ether oxygens (including phenoxy) is 2. The van der Waals surface area contributed by atoms with Gasteiger partial charge in [0.1, 0.15) is 12.3 Å². The second kappa shape index (κ2) is 7.91. The minimum absolute atomic E-state index is 0.0453. The fraction of sp³-hybridized carbons (Fsp3) is 0.350. The summed E-state index contributed by atoms with van der Waals surface area (Å²) in [6.07, 6.45) is 2.15. The summed E-state index contributed by atoms with van der Waals surface area (Å²) in [5.74, 6) is -1.35. The molecule has 0 spiro atoms. The summed E-state index contributed by atoms with van der Waals surface area (Å²) in [4.78, 5) is 36.8. The van der Waals surface area contributed by atoms with Gasteiger partial charge < -0.3 is 20.9 Å². The van der Waals surface area contributed by atoms with Crippen molar-refractivity contribution in [2.75, 3.05) is 19.5 Å². The van der Waals surface area contributed by atoms with E-state index in [0.717, 1.165) is 0 Å². The predicted octanol–water partition coefficient (Wildman–Crippen LogP) is 1.10. The van der Waals surface area contributed by atoms with Crippen molar-refractivity contribution >= 4 is 22.9 Å². The van der Waals surface area contributed by atoms with E-state index in [0.29, 0.717) is 35.1 Å². The molecule has 0 saturated heterocycles. The summed E-state index contributed by atoms with van der Waals surface area (Å²) in [5, 5.41) is 0.613. The summed E-state index contributed by atoms with van der Waals surface area (Å²) in [7, 11) is 1.31. The number of carbonyl (C=O) groups is 1. The average molecular weight is 428 g/mol. The van der Waals surface area contributed by atoms with Crippen LogP contribution >= 0.6 is 0 Å². The number of halogens is 1. The summed E-state index contributed by atoms with van der Waals surface area (Å²) in [6.45, 7) is 1.57. The molecule has 0 aromatic carbocycles. The van der Waals surface area contributed by atoms with Crippen molar-refractivity contribution in [1.82, 2.24) is 19.5 Å². The summed E-state index contributed by atoms with van der Waals surface area (Å²) >= 11 is 0. The van der Waals surface area contributed by atoms with Gasteiger partial charge in [0.2, 0.25) is 17.7 Å². The van der Waals surface area contributed by atoms with Crippen molar-refractivity contribution in [2.24, 2.45) is 5.73 Å². The van der Waals surface area contributed by atoms with Gasteiger partial charge in [-0.05, 0) is 31.9 Å². The highest BCUT2D eigenvalue weighted by Gasteiger charge is 2.34. The molecule has 0 radical (unpaired) electrons. The van der Waals surface area contributed by atoms with Gasteiger partial charge in [-0.2, -0.15) is 4.98 Å². The van der Waals surface area contributed by atoms with Crippen LogP contribution in [0, 0.1) is 12.7 Å². The van der Waals surface area contributed by atoms with Crippen LogP contribution in [-0.4, -0.2) is 45.2 Å². The van der Waals surface area contributed by atoms with E-state index in [1.807, 2.05) is 0 Å². The topological polar surface area (TPSA) is 148 Å². The molecule has 1 aliphatic rings. The molecule has 3 aromatic heterocycles. The van der Waals surface area contributed by atoms with Crippen LogP contribution in [0.4, 0.5) is 10.3 Å². The molecule has 0 atom stereocenters. The van der Waals surface area contributed by atoms with Crippen molar-refractivity contribution < 1.29 is 18.7 Å². The Hall–Kier alpha value is -3.60. The zero-order valence-electron chi connectivity index (χ0n) is 17.0. The predicted molar refractivity (Wildman–Crippen MR) is 110 cm³/mol. The lowest BCUT2D eigenvalue weighted by molar-refractivity contribution is -0.127. The Labute approximate surface area is 176 Å². The number of nitrogens with two attached hydrogens (primary N) is 2. The second-order valence-corrected chi connectivity index (χ2v) is 7.38. The Morgan fingerprint density at radius 2 is 2.06 bits per heavy atom. The number of carbonyl (C=O) groups excluding carboxylic acids is 1. The van der Waals surface area contributed by atoms with Crippen LogP contribution in [-0.2, 0) is 9.53 Å². The first-order valence-corrected chi connectivity index (χ1v) is 9.57. The highest BCUT2D eigenvalue weighted by Crippen LogP contribution is 2.36. The number of primary amides is 1. The lowest BCUT2D eigenvalue weighted by Crippen LogP contribution is -2.40. The number of anilines is 1. The van der Waals surface area contributed by atoms with Crippen molar-refractivity contribution in [3.05, 3.63) is 40.2 Å². The fourth-order valence-corrected chi connectivity index (χ4v) is 3.73. The van der Waals surface area contributed by atoms with Gasteiger partial charge in [-0.1, -0.05) is 0 Å². The number of rotatable bonds is 6. The summed E-state index contributed by atoms with van der Waals surface area (Å²) < 4.78 is 26.1. The van der Waals surface area contributed by atoms with Crippen LogP contribution in [0.25, 0.3) is 22.2 Å². The van der Waals surface area contributed by atoms with Crippen LogP contribution in [0.2, 0.25) is 0 Å². The van der Waals surface area contributed by atoms with Crippen LogP contribution in [0.1, 0.15) is 24.6 Å². The highest BCUT2D eigenvalue weighted by molar-refractivity contribution is 5.84. The normalized spacial score (nSPS) is 18.0. The van der Waals surface area contributed by atoms with E-state index >= 15 is 0 Å². The first kappa shape index (κ1) is 20.7. The average Bonchev–Trinajstić information content (AvgIpc) is 2.67. The van der Waals surface area contributed by atoms with E-state index in [4.69, 9.17) is 20.9 Å². The highest BCUT2D eigenvalue weighted by atomic mass is 19.1. The monoisotopic (exact) mass is 428 g/mol. The lowest BCUT2D eigenvalue weighted by Gasteiger charge is -2.36. The first-order valence-electron chi connectivity index (χ1n) is 9.57. The molecule has 31 heavy (non-hydrogen) atoms. The molecule has 11 heteroatoms. The number of hydrogen-bond acceptors (Lipinski definition) is 8. The number of hydrogen-bond donors (Lipinski definition) is 2. The quantitative estimate of drug-likeness (QED) is 0.593. The van der Waals surface area contributed by atoms with Crippen LogP contribution in [0.3, 0.4) is 0 Å². The third-order valence-electron chi connectivity index (χ3n) is 5.31. The molecule has 1 fully saturated rings. The zero-order valence-corrected chi connectivity index (χ0v) is 17.0. The molecule has 1 aliphatic carbocycles. The Kier molecular flexibility index (Phi) is 5.27. The van der Waals surface area contributed by atoms with Gasteiger partial charge in [0.25, 0.3) is 5.56 Å². The Balaban J connectivity index is 1.83. The summed E-state index contributed by atoms with van der Waals surface area (Å²) in [6, 6.07) is 2.58. The number of nitrogens with zero attached hydrogens (tertiary/aromatic N) is 4. The van der Waals surface area contributed by atoms with Crippen LogP contribution < -0.4 is 21.8 Å². The zero-order chi connectivity index (χ0) is 22.3. The van der Waals surface area contributed by atoms with Gasteiger partial charge in [0.05, 0.1) is 18.9 Å². The Morgan fingerprint density at radius 3 is 2.71 bits per heavy atom. The van der Waals surface area contributed by atoms with E-state index in [-0.39, 0.29) is 41.7 Å². The minimum atomic E-state index is -0.681. The third kappa shape index (κ3) is 3.79. The van der Waals surface area contributed by atoms with Gasteiger partial charge in [-0.3, -0.25) is 14.2 Å². The number of methoxy groups -OCH3 is 1. The van der Waals surface area contributed by atoms with E-state index in [1.165, 1.54) is 23.9 Å². The molecule has 1 saturated carbocycles. The molecular weight excluding hydrogens is 407 g/mol. The minimum Gasteiger partial charge on any atom is -0.479 e. The number of aryl methyl sites for hydroxylation is 1. The lowest BCUT2D eigenvalue weighted by atomic mass is 9.88. The molecule has 3 heterocycles. The van der Waals surface area contributed by atoms with E-state index in [1.54, 1.807) is 13.0 Å². The standard InChI is InChI=1S/C20H21FN6O4/c1-9-13-6-14(10-3-15(21)18(30-2)24-7-10)19(29)27(17(13)26-20(23)25-9)11-4-12(5-11)31-8-16(22)28/h3,6-7,11-12H,4-5,8H2,1-2H3,(H2,22,28)(H2,23,25,26)/t11-,12-. The maximum atomic E-state index is 14.3. The van der Waals surface area contributed by atoms with Crippen LogP contribution in [0.15, 0.2) is 23.1 Å². The molecule has 0 aliphatic heterocycles. The fourth-order valence-electron chi connectivity index (χ4n) is 3.73. The number of fused-ring (bicyclic) bond motifs is 1. The Bertz CT molecular complexity index is 1240. The van der Waals surface area contributed by atoms with Crippen molar-refractivity contribution in [2.45, 2.75) is 31.9 Å². The van der Waals surface area contributed by atoms with Gasteiger partial charge in [0, 0.05) is 28.8 Å². The maximum absolute atomic E-state index is 14.3. The molecule has 4 N–H and O–H groups in total. The first-order chi connectivity index (χ1) is 14.8. The molecular formula is C20H21FN6O4. The maximum Gasteiger partial charge on any atom is 0.260 e. The van der Waals surface area contributed by atoms with E-state index in [9.17, 15) is 14.0 Å². The van der Waals surface area contributed by atoms with Gasteiger partial charge in [-0.15, -0.1) is 0 Å². The summed E-state index contributed by atoms with van der Waals surface area (Å²) in [5.41, 5.74) is 12.1. The molecule has 162 valence electrons. The van der Waals surface area contributed by atoms with Crippen molar-refractivity contribution in [3.8, 4) is 17.0 Å². The molecule has 3 aromatic rings. The molecule has 0 unspecified atom stereocenters. The number of amides is 1. The number of aromatic nitrogens is 4.